The summed E-state index contributed by atoms with van der Waals surface area (Å²) >= 11 is 0. The van der Waals surface area contributed by atoms with Gasteiger partial charge in [-0.1, -0.05) is 12.1 Å². The fourth-order valence-electron chi connectivity index (χ4n) is 1.99. The topological polar surface area (TPSA) is 43.1 Å². The summed E-state index contributed by atoms with van der Waals surface area (Å²) in [5, 5.41) is 0. The zero-order valence-corrected chi connectivity index (χ0v) is 9.92. The molecule has 1 aromatic rings. The lowest BCUT2D eigenvalue weighted by molar-refractivity contribution is -0.137. The number of rotatable bonds is 3. The molecular weight excluding hydrogens is 243 g/mol. The van der Waals surface area contributed by atoms with E-state index in [4.69, 9.17) is 5.73 Å². The number of hydrogen-bond donors (Lipinski definition) is 1. The van der Waals surface area contributed by atoms with E-state index in [0.29, 0.717) is 0 Å². The monoisotopic (exact) mass is 257 g/mol. The number of carbonyl (C=O) groups excluding carboxylic acids is 1. The summed E-state index contributed by atoms with van der Waals surface area (Å²) in [6.45, 7) is 1.64. The first-order valence-corrected chi connectivity index (χ1v) is 5.74. The van der Waals surface area contributed by atoms with Crippen LogP contribution in [0.15, 0.2) is 24.3 Å². The van der Waals surface area contributed by atoms with Gasteiger partial charge in [-0.25, -0.2) is 0 Å². The average molecular weight is 257 g/mol. The second-order valence-electron chi connectivity index (χ2n) is 4.96. The predicted octanol–water partition coefficient (Wildman–Crippen LogP) is 3.02. The molecular formula is C13H14F3NO. The van der Waals surface area contributed by atoms with E-state index >= 15 is 0 Å². The molecule has 1 aliphatic carbocycles. The SMILES string of the molecule is CC(N)(C(=O)c1ccc(C(F)(F)F)cc1)C1CC1. The molecule has 1 aromatic carbocycles. The average Bonchev–Trinajstić information content (AvgIpc) is 3.11. The molecule has 0 aliphatic heterocycles. The van der Waals surface area contributed by atoms with E-state index in [1.807, 2.05) is 0 Å². The van der Waals surface area contributed by atoms with Gasteiger partial charge in [-0.3, -0.25) is 4.79 Å². The van der Waals surface area contributed by atoms with Crippen molar-refractivity contribution in [3.05, 3.63) is 35.4 Å². The van der Waals surface area contributed by atoms with Crippen LogP contribution in [0.25, 0.3) is 0 Å². The third kappa shape index (κ3) is 2.41. The first kappa shape index (κ1) is 13.1. The smallest absolute Gasteiger partial charge is 0.319 e. The first-order valence-electron chi connectivity index (χ1n) is 5.74. The van der Waals surface area contributed by atoms with Crippen molar-refractivity contribution < 1.29 is 18.0 Å². The third-order valence-corrected chi connectivity index (χ3v) is 3.39. The van der Waals surface area contributed by atoms with Gasteiger partial charge in [0.1, 0.15) is 0 Å². The number of halogens is 3. The summed E-state index contributed by atoms with van der Waals surface area (Å²) in [7, 11) is 0. The van der Waals surface area contributed by atoms with Gasteiger partial charge in [0.05, 0.1) is 11.1 Å². The van der Waals surface area contributed by atoms with E-state index in [1.165, 1.54) is 12.1 Å². The van der Waals surface area contributed by atoms with Crippen LogP contribution in [0.4, 0.5) is 13.2 Å². The number of nitrogens with two attached hydrogens (primary N) is 1. The zero-order chi connectivity index (χ0) is 13.6. The van der Waals surface area contributed by atoms with Crippen molar-refractivity contribution in [1.29, 1.82) is 0 Å². The highest BCUT2D eigenvalue weighted by Crippen LogP contribution is 2.39. The second-order valence-corrected chi connectivity index (χ2v) is 4.96. The van der Waals surface area contributed by atoms with E-state index < -0.39 is 17.3 Å². The van der Waals surface area contributed by atoms with Crippen molar-refractivity contribution >= 4 is 5.78 Å². The number of carbonyl (C=O) groups is 1. The van der Waals surface area contributed by atoms with E-state index in [0.717, 1.165) is 25.0 Å². The highest BCUT2D eigenvalue weighted by molar-refractivity contribution is 6.03. The minimum Gasteiger partial charge on any atom is -0.319 e. The Balaban J connectivity index is 2.22. The quantitative estimate of drug-likeness (QED) is 0.846. The number of hydrogen-bond acceptors (Lipinski definition) is 2. The van der Waals surface area contributed by atoms with Crippen LogP contribution < -0.4 is 5.73 Å². The molecule has 2 rings (SSSR count). The molecule has 2 nitrogen and oxygen atoms in total. The predicted molar refractivity (Wildman–Crippen MR) is 61.1 cm³/mol. The Bertz CT molecular complexity index is 458. The molecule has 0 amide bonds. The van der Waals surface area contributed by atoms with E-state index in [2.05, 4.69) is 0 Å². The van der Waals surface area contributed by atoms with Crippen LogP contribution in [0.5, 0.6) is 0 Å². The van der Waals surface area contributed by atoms with E-state index in [1.54, 1.807) is 6.92 Å². The van der Waals surface area contributed by atoms with Crippen molar-refractivity contribution in [1.82, 2.24) is 0 Å². The zero-order valence-electron chi connectivity index (χ0n) is 9.92. The maximum atomic E-state index is 12.4. The molecule has 18 heavy (non-hydrogen) atoms. The molecule has 0 aromatic heterocycles. The second kappa shape index (κ2) is 4.09. The van der Waals surface area contributed by atoms with Gasteiger partial charge in [-0.05, 0) is 37.8 Å². The van der Waals surface area contributed by atoms with Crippen molar-refractivity contribution in [2.75, 3.05) is 0 Å². The molecule has 5 heteroatoms. The number of Topliss-reactive ketones (excluding diaryl/α,β-unsaturated/α-hetero) is 1. The van der Waals surface area contributed by atoms with Crippen molar-refractivity contribution in [2.45, 2.75) is 31.5 Å². The Morgan fingerprint density at radius 2 is 1.72 bits per heavy atom. The molecule has 1 fully saturated rings. The molecule has 0 saturated heterocycles. The minimum absolute atomic E-state index is 0.146. The molecule has 1 atom stereocenters. The molecule has 1 aliphatic rings. The molecule has 1 unspecified atom stereocenters. The van der Waals surface area contributed by atoms with Crippen molar-refractivity contribution in [3.8, 4) is 0 Å². The Labute approximate surface area is 103 Å². The lowest BCUT2D eigenvalue weighted by Crippen LogP contribution is -2.47. The van der Waals surface area contributed by atoms with Crippen LogP contribution >= 0.6 is 0 Å². The lowest BCUT2D eigenvalue weighted by Gasteiger charge is -2.22. The largest absolute Gasteiger partial charge is 0.416 e. The minimum atomic E-state index is -4.38. The maximum Gasteiger partial charge on any atom is 0.416 e. The summed E-state index contributed by atoms with van der Waals surface area (Å²) in [6, 6.07) is 4.21. The molecule has 2 N–H and O–H groups in total. The van der Waals surface area contributed by atoms with Crippen LogP contribution in [0, 0.1) is 5.92 Å². The summed E-state index contributed by atoms with van der Waals surface area (Å²) in [6.07, 6.45) is -2.58. The lowest BCUT2D eigenvalue weighted by atomic mass is 9.87. The summed E-state index contributed by atoms with van der Waals surface area (Å²) in [5.74, 6) is -0.147. The van der Waals surface area contributed by atoms with Gasteiger partial charge in [0.15, 0.2) is 5.78 Å². The van der Waals surface area contributed by atoms with Crippen LogP contribution in [0.2, 0.25) is 0 Å². The van der Waals surface area contributed by atoms with E-state index in [9.17, 15) is 18.0 Å². The van der Waals surface area contributed by atoms with Crippen LogP contribution in [0.1, 0.15) is 35.7 Å². The number of ketones is 1. The summed E-state index contributed by atoms with van der Waals surface area (Å²) < 4.78 is 37.1. The fourth-order valence-corrected chi connectivity index (χ4v) is 1.99. The Hall–Kier alpha value is -1.36. The molecule has 1 saturated carbocycles. The standard InChI is InChI=1S/C13H14F3NO/c1-12(17,9-6-7-9)11(18)8-2-4-10(5-3-8)13(14,15)16/h2-5,9H,6-7,17H2,1H3. The van der Waals surface area contributed by atoms with Crippen molar-refractivity contribution in [3.63, 3.8) is 0 Å². The molecule has 98 valence electrons. The Morgan fingerprint density at radius 3 is 2.11 bits per heavy atom. The van der Waals surface area contributed by atoms with Gasteiger partial charge in [0, 0.05) is 5.56 Å². The highest BCUT2D eigenvalue weighted by Gasteiger charge is 2.44. The first-order chi connectivity index (χ1) is 8.23. The summed E-state index contributed by atoms with van der Waals surface area (Å²) in [4.78, 5) is 12.1. The van der Waals surface area contributed by atoms with Crippen LogP contribution in [-0.2, 0) is 6.18 Å². The van der Waals surface area contributed by atoms with Gasteiger partial charge in [0.25, 0.3) is 0 Å². The van der Waals surface area contributed by atoms with Gasteiger partial charge < -0.3 is 5.73 Å². The maximum absolute atomic E-state index is 12.4. The molecule has 0 spiro atoms. The normalized spacial score (nSPS) is 19.4. The van der Waals surface area contributed by atoms with Crippen molar-refractivity contribution in [2.24, 2.45) is 11.7 Å². The van der Waals surface area contributed by atoms with Crippen LogP contribution in [0.3, 0.4) is 0 Å². The van der Waals surface area contributed by atoms with Gasteiger partial charge >= 0.3 is 6.18 Å². The fraction of sp³-hybridized carbons (Fsp3) is 0.462. The highest BCUT2D eigenvalue weighted by atomic mass is 19.4. The van der Waals surface area contributed by atoms with Gasteiger partial charge in [-0.2, -0.15) is 13.2 Å². The van der Waals surface area contributed by atoms with Gasteiger partial charge in [0.2, 0.25) is 0 Å². The Kier molecular flexibility index (Phi) is 2.97. The number of benzene rings is 1. The molecule has 0 heterocycles. The van der Waals surface area contributed by atoms with E-state index in [-0.39, 0.29) is 17.3 Å². The van der Waals surface area contributed by atoms with Crippen LogP contribution in [-0.4, -0.2) is 11.3 Å². The molecule has 0 radical (unpaired) electrons. The Morgan fingerprint density at radius 1 is 1.22 bits per heavy atom. The van der Waals surface area contributed by atoms with Gasteiger partial charge in [-0.15, -0.1) is 0 Å². The third-order valence-electron chi connectivity index (χ3n) is 3.39. The number of alkyl halides is 3. The molecule has 0 bridgehead atoms. The summed E-state index contributed by atoms with van der Waals surface area (Å²) in [5.41, 5.74) is 4.45.